The second kappa shape index (κ2) is 9.02. The predicted molar refractivity (Wildman–Crippen MR) is 120 cm³/mol. The molecule has 0 N–H and O–H groups in total. The molecule has 2 aliphatic heterocycles. The molecule has 0 spiro atoms. The Labute approximate surface area is 187 Å². The highest BCUT2D eigenvalue weighted by Crippen LogP contribution is 2.35. The van der Waals surface area contributed by atoms with E-state index in [9.17, 15) is 14.4 Å². The summed E-state index contributed by atoms with van der Waals surface area (Å²) >= 11 is 0. The van der Waals surface area contributed by atoms with Gasteiger partial charge in [0, 0.05) is 18.7 Å². The number of hydrogen-bond donors (Lipinski definition) is 0. The van der Waals surface area contributed by atoms with E-state index in [0.717, 1.165) is 24.0 Å². The number of nitrogens with zero attached hydrogens (tertiary/aromatic N) is 2. The van der Waals surface area contributed by atoms with Crippen LogP contribution < -0.4 is 14.4 Å². The highest BCUT2D eigenvalue weighted by molar-refractivity contribution is 6.05. The van der Waals surface area contributed by atoms with Gasteiger partial charge in [-0.3, -0.25) is 19.3 Å². The maximum Gasteiger partial charge on any atom is 0.265 e. The average molecular weight is 437 g/mol. The molecule has 2 aliphatic rings. The molecule has 7 heteroatoms. The van der Waals surface area contributed by atoms with E-state index in [0.29, 0.717) is 35.8 Å². The van der Waals surface area contributed by atoms with Crippen LogP contribution in [-0.4, -0.2) is 54.8 Å². The summed E-state index contributed by atoms with van der Waals surface area (Å²) in [5.74, 6) is 0.543. The van der Waals surface area contributed by atoms with Gasteiger partial charge in [-0.1, -0.05) is 17.7 Å². The van der Waals surface area contributed by atoms with Crippen LogP contribution in [0.2, 0.25) is 0 Å². The lowest BCUT2D eigenvalue weighted by Gasteiger charge is -2.35. The summed E-state index contributed by atoms with van der Waals surface area (Å²) in [6.45, 7) is 6.83. The van der Waals surface area contributed by atoms with Crippen molar-refractivity contribution in [2.24, 2.45) is 0 Å². The first-order valence-corrected chi connectivity index (χ1v) is 11.0. The van der Waals surface area contributed by atoms with Gasteiger partial charge in [0.2, 0.25) is 5.91 Å². The van der Waals surface area contributed by atoms with Crippen molar-refractivity contribution in [1.29, 1.82) is 0 Å². The molecule has 4 rings (SSSR count). The molecule has 32 heavy (non-hydrogen) atoms. The van der Waals surface area contributed by atoms with Crippen molar-refractivity contribution in [3.05, 3.63) is 53.1 Å². The Morgan fingerprint density at radius 3 is 2.56 bits per heavy atom. The molecular weight excluding hydrogens is 408 g/mol. The topological polar surface area (TPSA) is 76.2 Å². The lowest BCUT2D eigenvalue weighted by molar-refractivity contribution is -0.133. The van der Waals surface area contributed by atoms with Crippen LogP contribution in [0.3, 0.4) is 0 Å². The van der Waals surface area contributed by atoms with E-state index in [1.807, 2.05) is 32.0 Å². The van der Waals surface area contributed by atoms with Crippen LogP contribution >= 0.6 is 0 Å². The van der Waals surface area contributed by atoms with Crippen LogP contribution in [0.1, 0.15) is 41.3 Å². The largest absolute Gasteiger partial charge is 0.485 e. The van der Waals surface area contributed by atoms with Crippen molar-refractivity contribution in [2.75, 3.05) is 31.2 Å². The van der Waals surface area contributed by atoms with Gasteiger partial charge in [-0.25, -0.2) is 0 Å². The van der Waals surface area contributed by atoms with E-state index in [1.54, 1.807) is 30.0 Å². The molecule has 0 radical (unpaired) electrons. The fourth-order valence-corrected chi connectivity index (χ4v) is 4.27. The van der Waals surface area contributed by atoms with E-state index < -0.39 is 6.04 Å². The summed E-state index contributed by atoms with van der Waals surface area (Å²) in [4.78, 5) is 41.7. The second-order valence-electron chi connectivity index (χ2n) is 8.42. The molecule has 1 unspecified atom stereocenters. The number of anilines is 1. The van der Waals surface area contributed by atoms with Crippen molar-refractivity contribution in [3.8, 4) is 11.5 Å². The second-order valence-corrected chi connectivity index (χ2v) is 8.42. The summed E-state index contributed by atoms with van der Waals surface area (Å²) in [5.41, 5.74) is 2.93. The van der Waals surface area contributed by atoms with Crippen LogP contribution in [0.5, 0.6) is 11.5 Å². The third-order valence-corrected chi connectivity index (χ3v) is 6.01. The molecule has 1 atom stereocenters. The van der Waals surface area contributed by atoms with Crippen molar-refractivity contribution >= 4 is 23.3 Å². The van der Waals surface area contributed by atoms with Crippen molar-refractivity contribution in [1.82, 2.24) is 4.90 Å². The summed E-state index contributed by atoms with van der Waals surface area (Å²) in [5, 5.41) is 0. The van der Waals surface area contributed by atoms with Crippen LogP contribution in [0.4, 0.5) is 5.69 Å². The first kappa shape index (κ1) is 21.9. The third kappa shape index (κ3) is 4.33. The number of Topliss-reactive ketones (excluding diaryl/α,β-unsaturated/α-hetero) is 1. The minimum absolute atomic E-state index is 0.0846. The van der Waals surface area contributed by atoms with Gasteiger partial charge in [0.25, 0.3) is 5.91 Å². The summed E-state index contributed by atoms with van der Waals surface area (Å²) in [7, 11) is 0. The van der Waals surface area contributed by atoms with Gasteiger partial charge >= 0.3 is 0 Å². The van der Waals surface area contributed by atoms with Gasteiger partial charge in [-0.2, -0.15) is 0 Å². The predicted octanol–water partition coefficient (Wildman–Crippen LogP) is 3.30. The number of benzene rings is 2. The van der Waals surface area contributed by atoms with Gasteiger partial charge in [0.15, 0.2) is 19.0 Å². The summed E-state index contributed by atoms with van der Waals surface area (Å²) < 4.78 is 11.3. The molecule has 2 aromatic carbocycles. The van der Waals surface area contributed by atoms with Crippen molar-refractivity contribution in [3.63, 3.8) is 0 Å². The number of aryl methyl sites for hydroxylation is 2. The van der Waals surface area contributed by atoms with E-state index in [1.165, 1.54) is 4.90 Å². The first-order chi connectivity index (χ1) is 15.3. The molecule has 7 nitrogen and oxygen atoms in total. The summed E-state index contributed by atoms with van der Waals surface area (Å²) in [6, 6.07) is 10.1. The van der Waals surface area contributed by atoms with Crippen molar-refractivity contribution < 1.29 is 23.9 Å². The number of ketones is 1. The molecule has 0 aliphatic carbocycles. The van der Waals surface area contributed by atoms with Gasteiger partial charge in [-0.15, -0.1) is 0 Å². The van der Waals surface area contributed by atoms with Gasteiger partial charge < -0.3 is 14.4 Å². The minimum Gasteiger partial charge on any atom is -0.485 e. The normalized spacial score (nSPS) is 16.4. The van der Waals surface area contributed by atoms with Crippen LogP contribution in [0.15, 0.2) is 36.4 Å². The Kier molecular flexibility index (Phi) is 6.17. The standard InChI is InChI=1S/C25H28N2O5/c1-16-6-8-22(17(2)12-16)31-14-21(28)19-7-9-23-20(13-19)27(24(29)15-32-23)18(3)25(30)26-10-4-5-11-26/h6-9,12-13,18H,4-5,10-11,14-15H2,1-3H3. The Balaban J connectivity index is 1.54. The highest BCUT2D eigenvalue weighted by atomic mass is 16.5. The van der Waals surface area contributed by atoms with E-state index in [-0.39, 0.29) is 30.8 Å². The minimum atomic E-state index is -0.667. The van der Waals surface area contributed by atoms with E-state index in [2.05, 4.69) is 0 Å². The number of amides is 2. The maximum atomic E-state index is 12.9. The van der Waals surface area contributed by atoms with Gasteiger partial charge in [0.1, 0.15) is 17.5 Å². The van der Waals surface area contributed by atoms with Gasteiger partial charge in [0.05, 0.1) is 5.69 Å². The third-order valence-electron chi connectivity index (χ3n) is 6.01. The molecule has 0 bridgehead atoms. The lowest BCUT2D eigenvalue weighted by Crippen LogP contribution is -2.52. The van der Waals surface area contributed by atoms with Crippen LogP contribution in [-0.2, 0) is 9.59 Å². The molecule has 1 saturated heterocycles. The fourth-order valence-electron chi connectivity index (χ4n) is 4.27. The van der Waals surface area contributed by atoms with Gasteiger partial charge in [-0.05, 0) is 63.4 Å². The average Bonchev–Trinajstić information content (AvgIpc) is 3.32. The Hall–Kier alpha value is -3.35. The van der Waals surface area contributed by atoms with Crippen LogP contribution in [0.25, 0.3) is 0 Å². The maximum absolute atomic E-state index is 12.9. The number of hydrogen-bond acceptors (Lipinski definition) is 5. The zero-order chi connectivity index (χ0) is 22.8. The Morgan fingerprint density at radius 1 is 1.09 bits per heavy atom. The number of rotatable bonds is 6. The van der Waals surface area contributed by atoms with Crippen LogP contribution in [0, 0.1) is 13.8 Å². The zero-order valence-corrected chi connectivity index (χ0v) is 18.7. The smallest absolute Gasteiger partial charge is 0.265 e. The molecule has 1 fully saturated rings. The molecule has 2 amide bonds. The molecule has 0 aromatic heterocycles. The SMILES string of the molecule is Cc1ccc(OCC(=O)c2ccc3c(c2)N(C(C)C(=O)N2CCCC2)C(=O)CO3)c(C)c1. The lowest BCUT2D eigenvalue weighted by atomic mass is 10.1. The first-order valence-electron chi connectivity index (χ1n) is 11.0. The molecule has 0 saturated carbocycles. The highest BCUT2D eigenvalue weighted by Gasteiger charge is 2.36. The molecule has 168 valence electrons. The monoisotopic (exact) mass is 436 g/mol. The molecule has 2 heterocycles. The van der Waals surface area contributed by atoms with E-state index >= 15 is 0 Å². The quantitative estimate of drug-likeness (QED) is 0.650. The summed E-state index contributed by atoms with van der Waals surface area (Å²) in [6.07, 6.45) is 1.95. The van der Waals surface area contributed by atoms with Crippen molar-refractivity contribution in [2.45, 2.75) is 39.7 Å². The Bertz CT molecular complexity index is 1060. The fraction of sp³-hybridized carbons (Fsp3) is 0.400. The number of ether oxygens (including phenoxy) is 2. The molecular formula is C25H28N2O5. The number of fused-ring (bicyclic) bond motifs is 1. The number of likely N-dealkylation sites (tertiary alicyclic amines) is 1. The molecule has 2 aromatic rings. The number of carbonyl (C=O) groups is 3. The van der Waals surface area contributed by atoms with E-state index in [4.69, 9.17) is 9.47 Å². The zero-order valence-electron chi connectivity index (χ0n) is 18.7. The number of carbonyl (C=O) groups excluding carboxylic acids is 3. The Morgan fingerprint density at radius 2 is 1.84 bits per heavy atom.